The Bertz CT molecular complexity index is 157. The summed E-state index contributed by atoms with van der Waals surface area (Å²) in [5.74, 6) is -0.104. The number of carbonyl (C=O) groups excluding carboxylic acids is 2. The molecule has 0 aromatic heterocycles. The van der Waals surface area contributed by atoms with E-state index in [1.54, 1.807) is 22.6 Å². The number of halogens is 1. The molecular weight excluding hydrogens is 259 g/mol. The van der Waals surface area contributed by atoms with Gasteiger partial charge in [-0.1, -0.05) is 0 Å². The van der Waals surface area contributed by atoms with Crippen LogP contribution in [0.25, 0.3) is 0 Å². The molecule has 3 nitrogen and oxygen atoms in total. The third kappa shape index (κ3) is 6.43. The van der Waals surface area contributed by atoms with E-state index in [1.165, 1.54) is 13.8 Å². The minimum atomic E-state index is -1.16. The molecule has 0 aliphatic carbocycles. The van der Waals surface area contributed by atoms with Gasteiger partial charge in [-0.15, -0.1) is 0 Å². The van der Waals surface area contributed by atoms with Crippen molar-refractivity contribution in [3.8, 4) is 0 Å². The average Bonchev–Trinajstić information content (AvgIpc) is 1.53. The second-order valence-electron chi connectivity index (χ2n) is 2.91. The lowest BCUT2D eigenvalue weighted by atomic mass is 9.97. The third-order valence-electron chi connectivity index (χ3n) is 1.15. The highest BCUT2D eigenvalue weighted by Crippen LogP contribution is 2.16. The number of ketones is 1. The fourth-order valence-corrected chi connectivity index (χ4v) is 1.72. The second kappa shape index (κ2) is 4.15. The van der Waals surface area contributed by atoms with Crippen LogP contribution in [0.5, 0.6) is 0 Å². The molecule has 0 aromatic carbocycles. The van der Waals surface area contributed by atoms with Gasteiger partial charge in [-0.3, -0.25) is 9.59 Å². The molecule has 1 atom stereocenters. The summed E-state index contributed by atoms with van der Waals surface area (Å²) in [5.41, 5.74) is -1.16. The van der Waals surface area contributed by atoms with Crippen molar-refractivity contribution in [1.29, 1.82) is 0 Å². The molecule has 64 valence electrons. The summed E-state index contributed by atoms with van der Waals surface area (Å²) in [6.07, 6.45) is 0.0783. The van der Waals surface area contributed by atoms with Gasteiger partial charge in [0.15, 0.2) is 3.79 Å². The lowest BCUT2D eigenvalue weighted by Gasteiger charge is -2.18. The van der Waals surface area contributed by atoms with Gasteiger partial charge in [0.05, 0.1) is 5.60 Å². The van der Waals surface area contributed by atoms with Crippen LogP contribution in [0.2, 0.25) is 0 Å². The van der Waals surface area contributed by atoms with E-state index in [4.69, 9.17) is 0 Å². The van der Waals surface area contributed by atoms with Gasteiger partial charge in [-0.25, -0.2) is 0 Å². The predicted molar refractivity (Wildman–Crippen MR) is 49.6 cm³/mol. The van der Waals surface area contributed by atoms with Gasteiger partial charge in [0.2, 0.25) is 0 Å². The van der Waals surface area contributed by atoms with Crippen LogP contribution in [0.4, 0.5) is 0 Å². The van der Waals surface area contributed by atoms with E-state index in [1.807, 2.05) is 0 Å². The fraction of sp³-hybridized carbons (Fsp3) is 0.714. The van der Waals surface area contributed by atoms with Gasteiger partial charge in [-0.2, -0.15) is 0 Å². The molecule has 0 heterocycles. The highest BCUT2D eigenvalue weighted by Gasteiger charge is 2.24. The normalized spacial score (nSPS) is 15.6. The maximum atomic E-state index is 10.6. The summed E-state index contributed by atoms with van der Waals surface area (Å²) < 4.78 is -0.131. The number of aliphatic hydroxyl groups is 1. The van der Waals surface area contributed by atoms with E-state index in [-0.39, 0.29) is 22.4 Å². The van der Waals surface area contributed by atoms with E-state index in [2.05, 4.69) is 0 Å². The van der Waals surface area contributed by atoms with Crippen molar-refractivity contribution in [2.45, 2.75) is 32.3 Å². The number of rotatable bonds is 4. The Hall–Kier alpha value is 0.0300. The van der Waals surface area contributed by atoms with Crippen LogP contribution >= 0.6 is 22.6 Å². The SMILES string of the molecule is CC(=O)C[C@@](C)(O)CC(=O)I. The first-order valence-corrected chi connectivity index (χ1v) is 4.31. The first-order valence-electron chi connectivity index (χ1n) is 3.24. The Balaban J connectivity index is 3.99. The van der Waals surface area contributed by atoms with Crippen LogP contribution in [0.15, 0.2) is 0 Å². The molecule has 0 spiro atoms. The molecule has 0 saturated heterocycles. The molecule has 1 N–H and O–H groups in total. The fourth-order valence-electron chi connectivity index (χ4n) is 0.898. The molecule has 0 aliphatic heterocycles. The lowest BCUT2D eigenvalue weighted by Crippen LogP contribution is -2.28. The molecule has 0 radical (unpaired) electrons. The van der Waals surface area contributed by atoms with Crippen LogP contribution < -0.4 is 0 Å². The maximum Gasteiger partial charge on any atom is 0.195 e. The molecule has 0 saturated carbocycles. The molecule has 11 heavy (non-hydrogen) atoms. The van der Waals surface area contributed by atoms with Crippen molar-refractivity contribution in [3.63, 3.8) is 0 Å². The second-order valence-corrected chi connectivity index (χ2v) is 4.11. The summed E-state index contributed by atoms with van der Waals surface area (Å²) in [6.45, 7) is 2.89. The maximum absolute atomic E-state index is 10.6. The summed E-state index contributed by atoms with van der Waals surface area (Å²) in [4.78, 5) is 21.1. The minimum absolute atomic E-state index is 0.0349. The zero-order valence-corrected chi connectivity index (χ0v) is 8.71. The zero-order chi connectivity index (χ0) is 9.07. The smallest absolute Gasteiger partial charge is 0.195 e. The quantitative estimate of drug-likeness (QED) is 0.614. The molecule has 0 unspecified atom stereocenters. The summed E-state index contributed by atoms with van der Waals surface area (Å²) in [7, 11) is 0. The molecule has 0 bridgehead atoms. The molecule has 4 heteroatoms. The van der Waals surface area contributed by atoms with Crippen molar-refractivity contribution in [2.24, 2.45) is 0 Å². The number of Topliss-reactive ketones (excluding diaryl/α,β-unsaturated/α-hetero) is 1. The summed E-state index contributed by atoms with van der Waals surface area (Å²) >= 11 is 1.60. The molecule has 0 rings (SSSR count). The molecular formula is C7H11IO3. The number of hydrogen-bond donors (Lipinski definition) is 1. The van der Waals surface area contributed by atoms with E-state index in [9.17, 15) is 14.7 Å². The standard InChI is InChI=1S/C7H11IO3/c1-5(9)3-7(2,11)4-6(8)10/h11H,3-4H2,1-2H3/t7-/m1/s1. The van der Waals surface area contributed by atoms with Crippen LogP contribution in [0.1, 0.15) is 26.7 Å². The van der Waals surface area contributed by atoms with Crippen molar-refractivity contribution < 1.29 is 14.7 Å². The topological polar surface area (TPSA) is 54.4 Å². The Labute approximate surface area is 79.3 Å². The van der Waals surface area contributed by atoms with Crippen LogP contribution in [-0.2, 0) is 9.59 Å². The summed E-state index contributed by atoms with van der Waals surface area (Å²) in [6, 6.07) is 0. The monoisotopic (exact) mass is 270 g/mol. The van der Waals surface area contributed by atoms with E-state index >= 15 is 0 Å². The Morgan fingerprint density at radius 1 is 1.45 bits per heavy atom. The van der Waals surface area contributed by atoms with Crippen molar-refractivity contribution >= 4 is 32.2 Å². The molecule has 0 amide bonds. The molecule has 0 aliphatic rings. The van der Waals surface area contributed by atoms with Gasteiger partial charge in [0, 0.05) is 12.8 Å². The largest absolute Gasteiger partial charge is 0.389 e. The van der Waals surface area contributed by atoms with Gasteiger partial charge < -0.3 is 5.11 Å². The van der Waals surface area contributed by atoms with E-state index in [0.717, 1.165) is 0 Å². The first-order chi connectivity index (χ1) is 4.83. The Kier molecular flexibility index (Phi) is 4.17. The van der Waals surface area contributed by atoms with Gasteiger partial charge >= 0.3 is 0 Å². The first kappa shape index (κ1) is 11.0. The molecule has 0 fully saturated rings. The number of carbonyl (C=O) groups is 2. The minimum Gasteiger partial charge on any atom is -0.389 e. The van der Waals surface area contributed by atoms with E-state index in [0.29, 0.717) is 0 Å². The van der Waals surface area contributed by atoms with E-state index < -0.39 is 5.60 Å². The highest BCUT2D eigenvalue weighted by molar-refractivity contribution is 14.1. The lowest BCUT2D eigenvalue weighted by molar-refractivity contribution is -0.123. The molecule has 0 aromatic rings. The zero-order valence-electron chi connectivity index (χ0n) is 6.56. The number of hydrogen-bond acceptors (Lipinski definition) is 3. The Morgan fingerprint density at radius 2 is 1.91 bits per heavy atom. The highest BCUT2D eigenvalue weighted by atomic mass is 127. The van der Waals surface area contributed by atoms with Gasteiger partial charge in [0.25, 0.3) is 0 Å². The van der Waals surface area contributed by atoms with Crippen LogP contribution in [-0.4, -0.2) is 20.3 Å². The summed E-state index contributed by atoms with van der Waals surface area (Å²) in [5, 5.41) is 9.41. The van der Waals surface area contributed by atoms with Crippen molar-refractivity contribution in [2.75, 3.05) is 0 Å². The Morgan fingerprint density at radius 3 is 2.18 bits per heavy atom. The third-order valence-corrected chi connectivity index (χ3v) is 1.53. The predicted octanol–water partition coefficient (Wildman–Crippen LogP) is 1.07. The van der Waals surface area contributed by atoms with Gasteiger partial charge in [0.1, 0.15) is 5.78 Å². The average molecular weight is 270 g/mol. The van der Waals surface area contributed by atoms with Crippen molar-refractivity contribution in [1.82, 2.24) is 0 Å². The van der Waals surface area contributed by atoms with Crippen molar-refractivity contribution in [3.05, 3.63) is 0 Å². The van der Waals surface area contributed by atoms with Crippen LogP contribution in [0, 0.1) is 0 Å². The van der Waals surface area contributed by atoms with Crippen LogP contribution in [0.3, 0.4) is 0 Å². The van der Waals surface area contributed by atoms with Gasteiger partial charge in [-0.05, 0) is 36.4 Å².